The zero-order valence-electron chi connectivity index (χ0n) is 11.7. The van der Waals surface area contributed by atoms with E-state index in [1.165, 1.54) is 8.61 Å². The smallest absolute Gasteiger partial charge is 0.306 e. The van der Waals surface area contributed by atoms with Crippen LogP contribution in [0, 0.1) is 5.92 Å². The quantitative estimate of drug-likeness (QED) is 0.757. The molecule has 2 aliphatic rings. The number of rotatable bonds is 3. The molecule has 0 atom stereocenters. The summed E-state index contributed by atoms with van der Waals surface area (Å²) >= 11 is 0. The van der Waals surface area contributed by atoms with E-state index in [2.05, 4.69) is 0 Å². The summed E-state index contributed by atoms with van der Waals surface area (Å²) in [6.07, 6.45) is 1.58. The minimum Gasteiger partial charge on any atom is -0.481 e. The molecule has 0 radical (unpaired) electrons. The Morgan fingerprint density at radius 1 is 1.10 bits per heavy atom. The second-order valence-electron chi connectivity index (χ2n) is 5.92. The first-order valence-electron chi connectivity index (χ1n) is 6.93. The summed E-state index contributed by atoms with van der Waals surface area (Å²) in [5.41, 5.74) is -0.789. The molecular formula is C12H22N2O5S. The summed E-state index contributed by atoms with van der Waals surface area (Å²) in [6.45, 7) is 2.86. The van der Waals surface area contributed by atoms with Crippen LogP contribution in [0.3, 0.4) is 0 Å². The third-order valence-corrected chi connectivity index (χ3v) is 6.29. The van der Waals surface area contributed by atoms with E-state index in [1.807, 2.05) is 0 Å². The lowest BCUT2D eigenvalue weighted by molar-refractivity contribution is -0.143. The highest BCUT2D eigenvalue weighted by atomic mass is 32.2. The minimum atomic E-state index is -3.52. The summed E-state index contributed by atoms with van der Waals surface area (Å²) in [6, 6.07) is 0. The van der Waals surface area contributed by atoms with Gasteiger partial charge in [0.1, 0.15) is 0 Å². The highest BCUT2D eigenvalue weighted by Crippen LogP contribution is 2.26. The fourth-order valence-corrected chi connectivity index (χ4v) is 4.34. The van der Waals surface area contributed by atoms with Crippen molar-refractivity contribution in [3.63, 3.8) is 0 Å². The second kappa shape index (κ2) is 5.59. The van der Waals surface area contributed by atoms with Crippen molar-refractivity contribution in [3.05, 3.63) is 0 Å². The van der Waals surface area contributed by atoms with Crippen LogP contribution in [0.2, 0.25) is 0 Å². The number of carboxylic acid groups (broad SMARTS) is 1. The average molecular weight is 306 g/mol. The van der Waals surface area contributed by atoms with Crippen molar-refractivity contribution in [2.45, 2.75) is 38.2 Å². The lowest BCUT2D eigenvalue weighted by Crippen LogP contribution is -2.52. The fourth-order valence-electron chi connectivity index (χ4n) is 2.70. The van der Waals surface area contributed by atoms with E-state index in [1.54, 1.807) is 6.92 Å². The Morgan fingerprint density at radius 3 is 2.00 bits per heavy atom. The summed E-state index contributed by atoms with van der Waals surface area (Å²) in [4.78, 5) is 10.9. The van der Waals surface area contributed by atoms with Crippen LogP contribution in [-0.4, -0.2) is 65.0 Å². The summed E-state index contributed by atoms with van der Waals surface area (Å²) in [7, 11) is -3.52. The van der Waals surface area contributed by atoms with Crippen molar-refractivity contribution in [3.8, 4) is 0 Å². The van der Waals surface area contributed by atoms with Crippen LogP contribution >= 0.6 is 0 Å². The van der Waals surface area contributed by atoms with Gasteiger partial charge in [-0.1, -0.05) is 0 Å². The van der Waals surface area contributed by atoms with Crippen molar-refractivity contribution in [1.29, 1.82) is 0 Å². The third-order valence-electron chi connectivity index (χ3n) is 4.26. The molecule has 2 heterocycles. The van der Waals surface area contributed by atoms with Gasteiger partial charge in [0.2, 0.25) is 0 Å². The van der Waals surface area contributed by atoms with E-state index in [4.69, 9.17) is 5.11 Å². The van der Waals surface area contributed by atoms with E-state index in [0.29, 0.717) is 38.8 Å². The number of nitrogens with zero attached hydrogens (tertiary/aromatic N) is 2. The highest BCUT2D eigenvalue weighted by Gasteiger charge is 2.38. The monoisotopic (exact) mass is 306 g/mol. The van der Waals surface area contributed by atoms with E-state index < -0.39 is 27.7 Å². The van der Waals surface area contributed by atoms with E-state index in [-0.39, 0.29) is 13.1 Å². The number of hydrogen-bond acceptors (Lipinski definition) is 4. The molecule has 0 aromatic carbocycles. The zero-order valence-corrected chi connectivity index (χ0v) is 12.5. The van der Waals surface area contributed by atoms with Gasteiger partial charge in [-0.15, -0.1) is 0 Å². The van der Waals surface area contributed by atoms with Gasteiger partial charge in [0.05, 0.1) is 11.5 Å². The van der Waals surface area contributed by atoms with Crippen LogP contribution in [0.25, 0.3) is 0 Å². The Labute approximate surface area is 119 Å². The molecule has 116 valence electrons. The first-order valence-corrected chi connectivity index (χ1v) is 8.32. The maximum absolute atomic E-state index is 12.5. The van der Waals surface area contributed by atoms with Gasteiger partial charge in [0.15, 0.2) is 0 Å². The molecule has 2 fully saturated rings. The molecule has 0 amide bonds. The maximum Gasteiger partial charge on any atom is 0.306 e. The standard InChI is InChI=1S/C12H22N2O5S/c1-12(17)4-8-14(9-5-12)20(18,19)13-6-2-10(3-7-13)11(15)16/h10,17H,2-9H2,1H3,(H,15,16). The molecule has 0 spiro atoms. The van der Waals surface area contributed by atoms with Gasteiger partial charge < -0.3 is 10.2 Å². The first kappa shape index (κ1) is 15.7. The summed E-state index contributed by atoms with van der Waals surface area (Å²) in [5.74, 6) is -1.29. The zero-order chi connectivity index (χ0) is 15.0. The third kappa shape index (κ3) is 3.30. The average Bonchev–Trinajstić information content (AvgIpc) is 2.38. The van der Waals surface area contributed by atoms with Crippen molar-refractivity contribution < 1.29 is 23.4 Å². The van der Waals surface area contributed by atoms with E-state index in [0.717, 1.165) is 0 Å². The highest BCUT2D eigenvalue weighted by molar-refractivity contribution is 7.86. The predicted molar refractivity (Wildman–Crippen MR) is 72.3 cm³/mol. The van der Waals surface area contributed by atoms with E-state index in [9.17, 15) is 18.3 Å². The normalized spacial score (nSPS) is 26.5. The van der Waals surface area contributed by atoms with Gasteiger partial charge in [0.25, 0.3) is 10.2 Å². The van der Waals surface area contributed by atoms with Crippen LogP contribution in [0.15, 0.2) is 0 Å². The summed E-state index contributed by atoms with van der Waals surface area (Å²) < 4.78 is 27.7. The fraction of sp³-hybridized carbons (Fsp3) is 0.917. The molecule has 2 N–H and O–H groups in total. The van der Waals surface area contributed by atoms with Gasteiger partial charge >= 0.3 is 5.97 Å². The van der Waals surface area contributed by atoms with Crippen molar-refractivity contribution in [1.82, 2.24) is 8.61 Å². The molecule has 2 saturated heterocycles. The number of carboxylic acids is 1. The molecule has 20 heavy (non-hydrogen) atoms. The Kier molecular flexibility index (Phi) is 4.38. The number of piperidine rings is 2. The Balaban J connectivity index is 1.97. The number of aliphatic carboxylic acids is 1. The Morgan fingerprint density at radius 2 is 1.55 bits per heavy atom. The molecule has 0 aliphatic carbocycles. The molecule has 0 aromatic rings. The van der Waals surface area contributed by atoms with Gasteiger partial charge in [-0.25, -0.2) is 0 Å². The maximum atomic E-state index is 12.5. The van der Waals surface area contributed by atoms with Crippen molar-refractivity contribution >= 4 is 16.2 Å². The molecule has 7 nitrogen and oxygen atoms in total. The van der Waals surface area contributed by atoms with Crippen LogP contribution in [0.1, 0.15) is 32.6 Å². The van der Waals surface area contributed by atoms with Crippen LogP contribution < -0.4 is 0 Å². The predicted octanol–water partition coefficient (Wildman–Crippen LogP) is -0.125. The van der Waals surface area contributed by atoms with Gasteiger partial charge in [0, 0.05) is 26.2 Å². The number of hydrogen-bond donors (Lipinski definition) is 2. The lowest BCUT2D eigenvalue weighted by atomic mass is 9.95. The number of aliphatic hydroxyl groups is 1. The molecular weight excluding hydrogens is 284 g/mol. The van der Waals surface area contributed by atoms with Crippen molar-refractivity contribution in [2.24, 2.45) is 5.92 Å². The molecule has 0 saturated carbocycles. The van der Waals surface area contributed by atoms with Gasteiger partial charge in [-0.2, -0.15) is 17.0 Å². The van der Waals surface area contributed by atoms with E-state index >= 15 is 0 Å². The topological polar surface area (TPSA) is 98.2 Å². The molecule has 0 aromatic heterocycles. The lowest BCUT2D eigenvalue weighted by Gasteiger charge is -2.39. The minimum absolute atomic E-state index is 0.256. The van der Waals surface area contributed by atoms with Gasteiger partial charge in [-0.3, -0.25) is 4.79 Å². The largest absolute Gasteiger partial charge is 0.481 e. The van der Waals surface area contributed by atoms with Crippen LogP contribution in [-0.2, 0) is 15.0 Å². The Bertz CT molecular complexity index is 458. The first-order chi connectivity index (χ1) is 9.22. The molecule has 2 rings (SSSR count). The summed E-state index contributed by atoms with van der Waals surface area (Å²) in [5, 5.41) is 18.8. The Hall–Kier alpha value is -0.700. The molecule has 8 heteroatoms. The van der Waals surface area contributed by atoms with Crippen LogP contribution in [0.5, 0.6) is 0 Å². The SMILES string of the molecule is CC1(O)CCN(S(=O)(=O)N2CCC(C(=O)O)CC2)CC1. The second-order valence-corrected chi connectivity index (χ2v) is 7.84. The molecule has 0 unspecified atom stereocenters. The molecule has 2 aliphatic heterocycles. The van der Waals surface area contributed by atoms with Crippen molar-refractivity contribution in [2.75, 3.05) is 26.2 Å². The number of carbonyl (C=O) groups is 1. The van der Waals surface area contributed by atoms with Gasteiger partial charge in [-0.05, 0) is 32.6 Å². The van der Waals surface area contributed by atoms with Crippen LogP contribution in [0.4, 0.5) is 0 Å². The molecule has 0 bridgehead atoms.